The standard InChI is InChI=1S/C19H20O4/c1-12-8-13(2)18(14(3)9-12)19(21)23-11-17(20)15-6-5-7-16(10-15)22-4/h5-10H,11H2,1-4H3. The largest absolute Gasteiger partial charge is 0.497 e. The van der Waals surface area contributed by atoms with Crippen molar-refractivity contribution in [3.63, 3.8) is 0 Å². The van der Waals surface area contributed by atoms with E-state index in [4.69, 9.17) is 9.47 Å². The average molecular weight is 312 g/mol. The molecule has 0 saturated carbocycles. The van der Waals surface area contributed by atoms with Gasteiger partial charge in [-0.05, 0) is 44.0 Å². The predicted octanol–water partition coefficient (Wildman–Crippen LogP) is 3.66. The van der Waals surface area contributed by atoms with Crippen LogP contribution in [0.25, 0.3) is 0 Å². The van der Waals surface area contributed by atoms with Crippen molar-refractivity contribution in [2.24, 2.45) is 0 Å². The first-order valence-electron chi connectivity index (χ1n) is 7.34. The van der Waals surface area contributed by atoms with E-state index in [2.05, 4.69) is 0 Å². The highest BCUT2D eigenvalue weighted by molar-refractivity contribution is 6.00. The number of carbonyl (C=O) groups is 2. The summed E-state index contributed by atoms with van der Waals surface area (Å²) in [6, 6.07) is 10.6. The van der Waals surface area contributed by atoms with Crippen molar-refractivity contribution in [3.05, 3.63) is 64.2 Å². The van der Waals surface area contributed by atoms with E-state index < -0.39 is 5.97 Å². The summed E-state index contributed by atoms with van der Waals surface area (Å²) in [5, 5.41) is 0. The first kappa shape index (κ1) is 16.7. The smallest absolute Gasteiger partial charge is 0.339 e. The maximum atomic E-state index is 12.3. The summed E-state index contributed by atoms with van der Waals surface area (Å²) in [7, 11) is 1.53. The van der Waals surface area contributed by atoms with E-state index in [1.807, 2.05) is 32.9 Å². The Labute approximate surface area is 136 Å². The number of carbonyl (C=O) groups excluding carboxylic acids is 2. The second-order valence-corrected chi connectivity index (χ2v) is 5.50. The fraction of sp³-hybridized carbons (Fsp3) is 0.263. The molecule has 2 aromatic carbocycles. The highest BCUT2D eigenvalue weighted by Gasteiger charge is 2.16. The number of Topliss-reactive ketones (excluding diaryl/α,β-unsaturated/α-hetero) is 1. The Bertz CT molecular complexity index is 724. The maximum Gasteiger partial charge on any atom is 0.339 e. The molecule has 4 nitrogen and oxygen atoms in total. The quantitative estimate of drug-likeness (QED) is 0.624. The summed E-state index contributed by atoms with van der Waals surface area (Å²) in [6.07, 6.45) is 0. The van der Waals surface area contributed by atoms with Crippen LogP contribution in [0, 0.1) is 20.8 Å². The van der Waals surface area contributed by atoms with E-state index in [-0.39, 0.29) is 12.4 Å². The lowest BCUT2D eigenvalue weighted by atomic mass is 10.00. The number of aryl methyl sites for hydroxylation is 3. The van der Waals surface area contributed by atoms with Crippen LogP contribution in [-0.4, -0.2) is 25.5 Å². The third kappa shape index (κ3) is 3.97. The summed E-state index contributed by atoms with van der Waals surface area (Å²) in [4.78, 5) is 24.4. The van der Waals surface area contributed by atoms with Crippen LogP contribution < -0.4 is 4.74 Å². The molecule has 23 heavy (non-hydrogen) atoms. The van der Waals surface area contributed by atoms with E-state index in [1.165, 1.54) is 7.11 Å². The van der Waals surface area contributed by atoms with Gasteiger partial charge in [0, 0.05) is 5.56 Å². The molecule has 0 aliphatic heterocycles. The molecule has 0 atom stereocenters. The molecule has 2 rings (SSSR count). The fourth-order valence-electron chi connectivity index (χ4n) is 2.59. The summed E-state index contributed by atoms with van der Waals surface area (Å²) in [5.74, 6) is -0.150. The van der Waals surface area contributed by atoms with Crippen LogP contribution in [0.2, 0.25) is 0 Å². The monoisotopic (exact) mass is 312 g/mol. The molecular weight excluding hydrogens is 292 g/mol. The highest BCUT2D eigenvalue weighted by atomic mass is 16.5. The zero-order chi connectivity index (χ0) is 17.0. The van der Waals surface area contributed by atoms with Crippen LogP contribution >= 0.6 is 0 Å². The average Bonchev–Trinajstić information content (AvgIpc) is 2.51. The van der Waals surface area contributed by atoms with Gasteiger partial charge in [-0.1, -0.05) is 29.8 Å². The lowest BCUT2D eigenvalue weighted by Gasteiger charge is -2.11. The minimum atomic E-state index is -0.476. The molecule has 0 saturated heterocycles. The molecule has 0 amide bonds. The first-order valence-corrected chi connectivity index (χ1v) is 7.34. The number of ketones is 1. The third-order valence-corrected chi connectivity index (χ3v) is 3.61. The highest BCUT2D eigenvalue weighted by Crippen LogP contribution is 2.18. The topological polar surface area (TPSA) is 52.6 Å². The Morgan fingerprint density at radius 3 is 2.26 bits per heavy atom. The van der Waals surface area contributed by atoms with Crippen molar-refractivity contribution >= 4 is 11.8 Å². The van der Waals surface area contributed by atoms with Gasteiger partial charge in [0.2, 0.25) is 0 Å². The molecular formula is C19H20O4. The van der Waals surface area contributed by atoms with E-state index >= 15 is 0 Å². The summed E-state index contributed by atoms with van der Waals surface area (Å²) in [5.41, 5.74) is 3.76. The molecule has 4 heteroatoms. The number of esters is 1. The van der Waals surface area contributed by atoms with Gasteiger partial charge in [0.15, 0.2) is 12.4 Å². The molecule has 0 bridgehead atoms. The normalized spacial score (nSPS) is 10.3. The molecule has 0 aromatic heterocycles. The number of hydrogen-bond donors (Lipinski definition) is 0. The van der Waals surface area contributed by atoms with Gasteiger partial charge in [0.25, 0.3) is 0 Å². The number of ether oxygens (including phenoxy) is 2. The van der Waals surface area contributed by atoms with Crippen molar-refractivity contribution in [2.45, 2.75) is 20.8 Å². The van der Waals surface area contributed by atoms with Crippen LogP contribution in [0.1, 0.15) is 37.4 Å². The van der Waals surface area contributed by atoms with Crippen LogP contribution in [0.15, 0.2) is 36.4 Å². The predicted molar refractivity (Wildman–Crippen MR) is 88.3 cm³/mol. The summed E-state index contributed by atoms with van der Waals surface area (Å²) in [6.45, 7) is 5.40. The van der Waals surface area contributed by atoms with E-state index in [9.17, 15) is 9.59 Å². The van der Waals surface area contributed by atoms with Gasteiger partial charge >= 0.3 is 5.97 Å². The molecule has 0 fully saturated rings. The summed E-state index contributed by atoms with van der Waals surface area (Å²) < 4.78 is 10.3. The molecule has 0 spiro atoms. The Morgan fingerprint density at radius 1 is 1.00 bits per heavy atom. The van der Waals surface area contributed by atoms with E-state index in [1.54, 1.807) is 24.3 Å². The Balaban J connectivity index is 2.08. The Morgan fingerprint density at radius 2 is 1.65 bits per heavy atom. The van der Waals surface area contributed by atoms with Gasteiger partial charge in [-0.3, -0.25) is 4.79 Å². The Kier molecular flexibility index (Phi) is 5.16. The van der Waals surface area contributed by atoms with Crippen molar-refractivity contribution in [1.29, 1.82) is 0 Å². The van der Waals surface area contributed by atoms with Gasteiger partial charge in [0.05, 0.1) is 12.7 Å². The second-order valence-electron chi connectivity index (χ2n) is 5.50. The number of hydrogen-bond acceptors (Lipinski definition) is 4. The SMILES string of the molecule is COc1cccc(C(=O)COC(=O)c2c(C)cc(C)cc2C)c1. The van der Waals surface area contributed by atoms with Gasteiger partial charge in [-0.25, -0.2) is 4.79 Å². The fourth-order valence-corrected chi connectivity index (χ4v) is 2.59. The lowest BCUT2D eigenvalue weighted by Crippen LogP contribution is -2.16. The molecule has 2 aromatic rings. The molecule has 120 valence electrons. The van der Waals surface area contributed by atoms with Crippen molar-refractivity contribution < 1.29 is 19.1 Å². The van der Waals surface area contributed by atoms with E-state index in [0.717, 1.165) is 16.7 Å². The van der Waals surface area contributed by atoms with Crippen LogP contribution in [0.4, 0.5) is 0 Å². The maximum absolute atomic E-state index is 12.3. The molecule has 0 N–H and O–H groups in total. The van der Waals surface area contributed by atoms with Crippen molar-refractivity contribution in [1.82, 2.24) is 0 Å². The third-order valence-electron chi connectivity index (χ3n) is 3.61. The minimum absolute atomic E-state index is 0.264. The van der Waals surface area contributed by atoms with Crippen LogP contribution in [0.5, 0.6) is 5.75 Å². The van der Waals surface area contributed by atoms with Gasteiger partial charge in [-0.15, -0.1) is 0 Å². The van der Waals surface area contributed by atoms with Crippen LogP contribution in [0.3, 0.4) is 0 Å². The second kappa shape index (κ2) is 7.09. The number of benzene rings is 2. The van der Waals surface area contributed by atoms with Crippen molar-refractivity contribution in [3.8, 4) is 5.75 Å². The first-order chi connectivity index (χ1) is 10.9. The zero-order valence-electron chi connectivity index (χ0n) is 13.8. The Hall–Kier alpha value is -2.62. The van der Waals surface area contributed by atoms with Crippen LogP contribution in [-0.2, 0) is 4.74 Å². The molecule has 0 heterocycles. The molecule has 0 unspecified atom stereocenters. The van der Waals surface area contributed by atoms with Gasteiger partial charge in [-0.2, -0.15) is 0 Å². The number of methoxy groups -OCH3 is 1. The lowest BCUT2D eigenvalue weighted by molar-refractivity contribution is 0.0473. The van der Waals surface area contributed by atoms with Gasteiger partial charge < -0.3 is 9.47 Å². The molecule has 0 radical (unpaired) electrons. The zero-order valence-corrected chi connectivity index (χ0v) is 13.8. The number of rotatable bonds is 5. The molecule has 0 aliphatic carbocycles. The molecule has 0 aliphatic rings. The minimum Gasteiger partial charge on any atom is -0.497 e. The van der Waals surface area contributed by atoms with E-state index in [0.29, 0.717) is 16.9 Å². The van der Waals surface area contributed by atoms with Crippen molar-refractivity contribution in [2.75, 3.05) is 13.7 Å². The summed E-state index contributed by atoms with van der Waals surface area (Å²) >= 11 is 0. The van der Waals surface area contributed by atoms with Gasteiger partial charge in [0.1, 0.15) is 5.75 Å².